The van der Waals surface area contributed by atoms with E-state index in [1.54, 1.807) is 12.1 Å². The van der Waals surface area contributed by atoms with Crippen molar-refractivity contribution in [2.75, 3.05) is 0 Å². The van der Waals surface area contributed by atoms with Gasteiger partial charge in [-0.05, 0) is 122 Å². The van der Waals surface area contributed by atoms with Crippen molar-refractivity contribution in [3.63, 3.8) is 0 Å². The standard InChI is InChI=1S/C61H56F2N3.Ir/c1-60(2,52-25-31-57(65-40-52)49-21-27-54(62)28-22-49)37-43-33-42(34-44(35-43)38-61(3,4)53-26-32-58(66-41-53)50-23-29-55(63)30-24-50)15-16-51-39-64-59(48-13-9-6-10-14-48)36-56(51)47-19-17-46(18-20-47)45-11-7-5-8-12-45;/h6,9-10,13,17-21,23,25-36,39-41,45H,5,7-8,11-12,15-16,37-38H2,1-4H3;/q-3;+3/i15D2,16D2;. The molecule has 3 nitrogen and oxygen atoms in total. The van der Waals surface area contributed by atoms with Gasteiger partial charge in [0, 0.05) is 35.7 Å². The molecule has 1 aliphatic rings. The summed E-state index contributed by atoms with van der Waals surface area (Å²) in [6, 6.07) is 49.3. The van der Waals surface area contributed by atoms with Gasteiger partial charge in [0.1, 0.15) is 0 Å². The second-order valence-electron chi connectivity index (χ2n) is 19.0. The van der Waals surface area contributed by atoms with Gasteiger partial charge in [-0.3, -0.25) is 8.78 Å². The summed E-state index contributed by atoms with van der Waals surface area (Å²) in [5, 5.41) is 0. The van der Waals surface area contributed by atoms with Gasteiger partial charge in [-0.2, -0.15) is 0 Å². The number of benzene rings is 5. The average Bonchev–Trinajstić information content (AvgIpc) is 3.37. The molecule has 67 heavy (non-hydrogen) atoms. The van der Waals surface area contributed by atoms with Crippen molar-refractivity contribution in [3.8, 4) is 44.9 Å². The molecule has 0 spiro atoms. The zero-order valence-electron chi connectivity index (χ0n) is 42.4. The van der Waals surface area contributed by atoms with Crippen LogP contribution in [0.2, 0.25) is 0 Å². The number of aryl methyl sites for hydroxylation is 2. The van der Waals surface area contributed by atoms with Gasteiger partial charge in [-0.1, -0.05) is 120 Å². The predicted octanol–water partition coefficient (Wildman–Crippen LogP) is 15.1. The molecule has 0 bridgehead atoms. The Balaban J connectivity index is 0.00000676. The van der Waals surface area contributed by atoms with E-state index in [0.29, 0.717) is 52.5 Å². The van der Waals surface area contributed by atoms with Crippen molar-refractivity contribution in [3.05, 3.63) is 221 Å². The maximum atomic E-state index is 13.7. The van der Waals surface area contributed by atoms with Crippen molar-refractivity contribution in [2.45, 2.75) is 102 Å². The van der Waals surface area contributed by atoms with Crippen molar-refractivity contribution in [1.82, 2.24) is 15.0 Å². The quantitative estimate of drug-likeness (QED) is 0.102. The summed E-state index contributed by atoms with van der Waals surface area (Å²) in [7, 11) is 0. The molecule has 1 aliphatic carbocycles. The molecule has 0 atom stereocenters. The summed E-state index contributed by atoms with van der Waals surface area (Å²) < 4.78 is 67.2. The molecule has 0 unspecified atom stereocenters. The van der Waals surface area contributed by atoms with E-state index in [-0.39, 0.29) is 42.9 Å². The fourth-order valence-corrected chi connectivity index (χ4v) is 9.31. The summed E-state index contributed by atoms with van der Waals surface area (Å²) in [5.74, 6) is -0.233. The monoisotopic (exact) mass is 1070 g/mol. The number of aromatic nitrogens is 3. The number of nitrogens with zero attached hydrogens (tertiary/aromatic N) is 3. The SMILES string of the molecule is [2H]C([2H])(c1cc(CC(C)(C)c2ccc(-c3[c-]cc(F)cc3)nc2)cc(CC(C)(C)c2ccc(-c3[c-]cc(F)cc3)nc2)c1)C([2H])([2H])c1cnc(-c2[c-]cccc2)cc1-c1ccc(C2CCCCC2)cc1.[Ir+3]. The maximum absolute atomic E-state index is 13.7. The molecule has 0 amide bonds. The Morgan fingerprint density at radius 3 is 1.63 bits per heavy atom. The van der Waals surface area contributed by atoms with E-state index in [1.807, 2.05) is 79.1 Å². The first-order valence-corrected chi connectivity index (χ1v) is 23.0. The second kappa shape index (κ2) is 20.9. The van der Waals surface area contributed by atoms with Crippen LogP contribution in [0, 0.1) is 29.8 Å². The molecular formula is C61H56F2IrN3. The Morgan fingerprint density at radius 1 is 0.567 bits per heavy atom. The molecule has 0 N–H and O–H groups in total. The summed E-state index contributed by atoms with van der Waals surface area (Å²) in [6.07, 6.45) is 7.04. The van der Waals surface area contributed by atoms with E-state index in [2.05, 4.69) is 76.2 Å². The molecule has 0 radical (unpaired) electrons. The molecule has 5 aromatic carbocycles. The zero-order chi connectivity index (χ0) is 49.3. The van der Waals surface area contributed by atoms with Crippen LogP contribution < -0.4 is 0 Å². The molecule has 1 fully saturated rings. The van der Waals surface area contributed by atoms with Crippen LogP contribution in [0.4, 0.5) is 8.78 Å². The van der Waals surface area contributed by atoms with Crippen LogP contribution in [-0.2, 0) is 56.5 Å². The first-order chi connectivity index (χ1) is 33.5. The van der Waals surface area contributed by atoms with Gasteiger partial charge in [0.25, 0.3) is 0 Å². The van der Waals surface area contributed by atoms with E-state index < -0.39 is 23.6 Å². The number of halogens is 2. The third-order valence-corrected chi connectivity index (χ3v) is 13.1. The molecule has 0 saturated heterocycles. The number of hydrogen-bond donors (Lipinski definition) is 0. The molecule has 3 aromatic heterocycles. The first kappa shape index (κ1) is 42.4. The van der Waals surface area contributed by atoms with Gasteiger partial charge in [-0.15, -0.1) is 95.6 Å². The largest absolute Gasteiger partial charge is 3.00 e. The average molecular weight is 1070 g/mol. The first-order valence-electron chi connectivity index (χ1n) is 25.0. The minimum absolute atomic E-state index is 0. The van der Waals surface area contributed by atoms with Crippen LogP contribution in [0.3, 0.4) is 0 Å². The summed E-state index contributed by atoms with van der Waals surface area (Å²) >= 11 is 0. The number of pyridine rings is 3. The Kier molecular flexibility index (Phi) is 13.2. The van der Waals surface area contributed by atoms with E-state index in [9.17, 15) is 14.3 Å². The fourth-order valence-electron chi connectivity index (χ4n) is 9.31. The van der Waals surface area contributed by atoms with Crippen LogP contribution in [0.1, 0.15) is 110 Å². The zero-order valence-corrected chi connectivity index (χ0v) is 40.8. The molecule has 338 valence electrons. The Hall–Kier alpha value is -5.94. The van der Waals surface area contributed by atoms with E-state index in [0.717, 1.165) is 46.2 Å². The molecule has 0 aliphatic heterocycles. The van der Waals surface area contributed by atoms with Crippen molar-refractivity contribution in [2.24, 2.45) is 0 Å². The van der Waals surface area contributed by atoms with Crippen molar-refractivity contribution in [1.29, 1.82) is 0 Å². The molecular weight excluding hydrogens is 1000 g/mol. The molecule has 1 saturated carbocycles. The maximum Gasteiger partial charge on any atom is 3.00 e. The number of hydrogen-bond acceptors (Lipinski definition) is 3. The molecule has 9 rings (SSSR count). The topological polar surface area (TPSA) is 38.7 Å². The van der Waals surface area contributed by atoms with Gasteiger partial charge < -0.3 is 15.0 Å². The van der Waals surface area contributed by atoms with Gasteiger partial charge >= 0.3 is 20.1 Å². The van der Waals surface area contributed by atoms with Crippen LogP contribution in [0.25, 0.3) is 44.9 Å². The van der Waals surface area contributed by atoms with Crippen LogP contribution >= 0.6 is 0 Å². The normalized spacial score (nSPS) is 14.6. The summed E-state index contributed by atoms with van der Waals surface area (Å²) in [4.78, 5) is 14.2. The van der Waals surface area contributed by atoms with Crippen LogP contribution in [0.15, 0.2) is 152 Å². The van der Waals surface area contributed by atoms with E-state index in [1.165, 1.54) is 55.3 Å². The smallest absolute Gasteiger partial charge is 0.304 e. The summed E-state index contributed by atoms with van der Waals surface area (Å²) in [6.45, 7) is 8.47. The minimum atomic E-state index is -2.56. The van der Waals surface area contributed by atoms with Gasteiger partial charge in [0.2, 0.25) is 0 Å². The Labute approximate surface area is 415 Å². The fraction of sp³-hybridized carbons (Fsp3) is 0.262. The second-order valence-corrected chi connectivity index (χ2v) is 19.0. The summed E-state index contributed by atoms with van der Waals surface area (Å²) in [5.41, 5.74) is 9.73. The van der Waals surface area contributed by atoms with Gasteiger partial charge in [0.15, 0.2) is 0 Å². The third-order valence-electron chi connectivity index (χ3n) is 13.1. The molecule has 8 aromatic rings. The molecule has 3 heterocycles. The third kappa shape index (κ3) is 11.6. The van der Waals surface area contributed by atoms with Crippen molar-refractivity contribution < 1.29 is 34.4 Å². The van der Waals surface area contributed by atoms with Gasteiger partial charge in [-0.25, -0.2) is 0 Å². The van der Waals surface area contributed by atoms with Crippen LogP contribution in [-0.4, -0.2) is 15.0 Å². The van der Waals surface area contributed by atoms with Gasteiger partial charge in [0.05, 0.1) is 0 Å². The van der Waals surface area contributed by atoms with E-state index in [4.69, 9.17) is 15.0 Å². The number of rotatable bonds is 14. The Bertz CT molecular complexity index is 2940. The predicted molar refractivity (Wildman–Crippen MR) is 264 cm³/mol. The Morgan fingerprint density at radius 2 is 1.12 bits per heavy atom. The minimum Gasteiger partial charge on any atom is -0.304 e. The van der Waals surface area contributed by atoms with Crippen LogP contribution in [0.5, 0.6) is 0 Å². The molecule has 6 heteroatoms. The van der Waals surface area contributed by atoms with Crippen molar-refractivity contribution >= 4 is 0 Å². The van der Waals surface area contributed by atoms with E-state index >= 15 is 0 Å².